The van der Waals surface area contributed by atoms with Crippen LogP contribution in [0, 0.1) is 21.4 Å². The number of hydrogen-bond donors (Lipinski definition) is 1. The lowest BCUT2D eigenvalue weighted by Gasteiger charge is -2.00. The molecule has 0 saturated carbocycles. The number of hydrogen-bond acceptors (Lipinski definition) is 6. The van der Waals surface area contributed by atoms with Crippen LogP contribution in [0.2, 0.25) is 0 Å². The number of halogens is 1. The molecule has 1 aromatic carbocycles. The predicted octanol–water partition coefficient (Wildman–Crippen LogP) is 2.98. The second-order valence-corrected chi connectivity index (χ2v) is 5.11. The van der Waals surface area contributed by atoms with Crippen molar-refractivity contribution in [1.29, 1.82) is 5.26 Å². The van der Waals surface area contributed by atoms with Gasteiger partial charge in [0, 0.05) is 22.2 Å². The quantitative estimate of drug-likeness (QED) is 0.488. The summed E-state index contributed by atoms with van der Waals surface area (Å²) in [4.78, 5) is 21.3. The first kappa shape index (κ1) is 16.4. The maximum Gasteiger partial charge on any atom is 0.270 e. The molecule has 23 heavy (non-hydrogen) atoms. The third-order valence-electron chi connectivity index (χ3n) is 2.68. The molecule has 116 valence electrons. The molecule has 1 aromatic heterocycles. The van der Waals surface area contributed by atoms with Crippen molar-refractivity contribution in [3.63, 3.8) is 0 Å². The molecular formula is C14H9BrN4O4. The fourth-order valence-electron chi connectivity index (χ4n) is 1.66. The van der Waals surface area contributed by atoms with E-state index in [9.17, 15) is 14.9 Å². The van der Waals surface area contributed by atoms with Crippen LogP contribution in [0.3, 0.4) is 0 Å². The van der Waals surface area contributed by atoms with Crippen LogP contribution < -0.4 is 5.43 Å². The van der Waals surface area contributed by atoms with E-state index in [1.165, 1.54) is 18.3 Å². The van der Waals surface area contributed by atoms with E-state index in [4.69, 9.17) is 9.68 Å². The van der Waals surface area contributed by atoms with Gasteiger partial charge < -0.3 is 4.42 Å². The Hall–Kier alpha value is -2.99. The number of non-ortho nitro benzene ring substituents is 1. The molecule has 1 amide bonds. The zero-order valence-corrected chi connectivity index (χ0v) is 13.1. The van der Waals surface area contributed by atoms with Crippen molar-refractivity contribution >= 4 is 33.7 Å². The van der Waals surface area contributed by atoms with Crippen molar-refractivity contribution in [1.82, 2.24) is 5.43 Å². The van der Waals surface area contributed by atoms with Crippen LogP contribution in [0.15, 0.2) is 44.3 Å². The minimum Gasteiger partial charge on any atom is -0.455 e. The van der Waals surface area contributed by atoms with Gasteiger partial charge in [0.15, 0.2) is 0 Å². The Labute approximate surface area is 138 Å². The van der Waals surface area contributed by atoms with E-state index in [-0.39, 0.29) is 12.1 Å². The van der Waals surface area contributed by atoms with Gasteiger partial charge in [-0.05, 0) is 34.1 Å². The number of amides is 1. The molecule has 1 heterocycles. The van der Waals surface area contributed by atoms with Crippen LogP contribution >= 0.6 is 15.9 Å². The third kappa shape index (κ3) is 4.24. The van der Waals surface area contributed by atoms with Crippen molar-refractivity contribution in [3.8, 4) is 17.4 Å². The van der Waals surface area contributed by atoms with Crippen LogP contribution in [-0.4, -0.2) is 17.0 Å². The van der Waals surface area contributed by atoms with E-state index in [1.54, 1.807) is 24.3 Å². The van der Waals surface area contributed by atoms with Crippen molar-refractivity contribution in [2.24, 2.45) is 5.10 Å². The van der Waals surface area contributed by atoms with Crippen LogP contribution in [0.25, 0.3) is 11.3 Å². The molecule has 0 fully saturated rings. The summed E-state index contributed by atoms with van der Waals surface area (Å²) < 4.78 is 6.05. The molecule has 0 aliphatic rings. The summed E-state index contributed by atoms with van der Waals surface area (Å²) in [6, 6.07) is 9.32. The highest BCUT2D eigenvalue weighted by atomic mass is 79.9. The first-order valence-electron chi connectivity index (χ1n) is 6.24. The monoisotopic (exact) mass is 376 g/mol. The number of benzene rings is 1. The van der Waals surface area contributed by atoms with Gasteiger partial charge in [0.25, 0.3) is 11.6 Å². The molecule has 0 saturated heterocycles. The zero-order valence-electron chi connectivity index (χ0n) is 11.5. The summed E-state index contributed by atoms with van der Waals surface area (Å²) in [5.41, 5.74) is 2.79. The summed E-state index contributed by atoms with van der Waals surface area (Å²) in [6.07, 6.45) is 1.01. The molecule has 9 heteroatoms. The van der Waals surface area contributed by atoms with Crippen molar-refractivity contribution in [3.05, 3.63) is 50.7 Å². The normalized spacial score (nSPS) is 10.4. The highest BCUT2D eigenvalue weighted by molar-refractivity contribution is 9.10. The molecular weight excluding hydrogens is 368 g/mol. The highest BCUT2D eigenvalue weighted by Gasteiger charge is 2.12. The topological polar surface area (TPSA) is 122 Å². The molecule has 8 nitrogen and oxygen atoms in total. The number of nitrogens with one attached hydrogen (secondary N) is 1. The lowest BCUT2D eigenvalue weighted by molar-refractivity contribution is -0.384. The van der Waals surface area contributed by atoms with E-state index < -0.39 is 10.8 Å². The Morgan fingerprint density at radius 1 is 1.48 bits per heavy atom. The average Bonchev–Trinajstić information content (AvgIpc) is 2.96. The number of rotatable bonds is 5. The maximum absolute atomic E-state index is 11.1. The van der Waals surface area contributed by atoms with E-state index in [0.29, 0.717) is 21.6 Å². The van der Waals surface area contributed by atoms with Gasteiger partial charge in [-0.1, -0.05) is 0 Å². The molecule has 0 atom stereocenters. The second-order valence-electron chi connectivity index (χ2n) is 4.25. The smallest absolute Gasteiger partial charge is 0.270 e. The summed E-state index contributed by atoms with van der Waals surface area (Å²) in [6.45, 7) is 0. The van der Waals surface area contributed by atoms with Crippen LogP contribution in [0.5, 0.6) is 0 Å². The zero-order chi connectivity index (χ0) is 16.8. The van der Waals surface area contributed by atoms with Crippen LogP contribution in [0.1, 0.15) is 12.2 Å². The Kier molecular flexibility index (Phi) is 5.22. The number of hydrazone groups is 1. The van der Waals surface area contributed by atoms with Gasteiger partial charge in [0.05, 0.1) is 17.2 Å². The fourth-order valence-corrected chi connectivity index (χ4v) is 2.23. The highest BCUT2D eigenvalue weighted by Crippen LogP contribution is 2.32. The molecule has 0 bridgehead atoms. The molecule has 0 radical (unpaired) electrons. The Morgan fingerprint density at radius 2 is 2.26 bits per heavy atom. The number of furan rings is 1. The summed E-state index contributed by atoms with van der Waals surface area (Å²) >= 11 is 3.26. The number of nitriles is 1. The Balaban J connectivity index is 2.13. The Bertz CT molecular complexity index is 822. The fraction of sp³-hybridized carbons (Fsp3) is 0.0714. The lowest BCUT2D eigenvalue weighted by atomic mass is 10.1. The summed E-state index contributed by atoms with van der Waals surface area (Å²) in [5, 5.41) is 22.7. The number of nitrogens with zero attached hydrogens (tertiary/aromatic N) is 3. The van der Waals surface area contributed by atoms with E-state index >= 15 is 0 Å². The number of carbonyl (C=O) groups is 1. The number of nitro groups is 1. The third-order valence-corrected chi connectivity index (χ3v) is 3.33. The van der Waals surface area contributed by atoms with Crippen LogP contribution in [0.4, 0.5) is 5.69 Å². The average molecular weight is 377 g/mol. The van der Waals surface area contributed by atoms with Gasteiger partial charge in [-0.25, -0.2) is 5.43 Å². The van der Waals surface area contributed by atoms with Gasteiger partial charge in [0.1, 0.15) is 17.9 Å². The molecule has 0 aliphatic heterocycles. The SMILES string of the molecule is N#CCC(=O)N/N=C/c1ccc(-c2ccc([N+](=O)[O-])cc2Br)o1. The Morgan fingerprint density at radius 3 is 2.91 bits per heavy atom. The van der Waals surface area contributed by atoms with Gasteiger partial charge in [-0.15, -0.1) is 0 Å². The van der Waals surface area contributed by atoms with Gasteiger partial charge in [-0.3, -0.25) is 14.9 Å². The number of nitro benzene ring substituents is 1. The van der Waals surface area contributed by atoms with E-state index in [0.717, 1.165) is 0 Å². The molecule has 2 aromatic rings. The lowest BCUT2D eigenvalue weighted by Crippen LogP contribution is -2.15. The minimum absolute atomic E-state index is 0.0332. The molecule has 0 spiro atoms. The minimum atomic E-state index is -0.520. The second kappa shape index (κ2) is 7.33. The van der Waals surface area contributed by atoms with Crippen molar-refractivity contribution in [2.75, 3.05) is 0 Å². The van der Waals surface area contributed by atoms with Gasteiger partial charge in [-0.2, -0.15) is 10.4 Å². The molecule has 2 rings (SSSR count). The predicted molar refractivity (Wildman–Crippen MR) is 84.5 cm³/mol. The van der Waals surface area contributed by atoms with Crippen LogP contribution in [-0.2, 0) is 4.79 Å². The standard InChI is InChI=1S/C14H9BrN4O4/c15-12-7-9(19(21)22)1-3-11(12)13-4-2-10(23-13)8-17-18-14(20)5-6-16/h1-4,7-8H,5H2,(H,18,20)/b17-8+. The largest absolute Gasteiger partial charge is 0.455 e. The van der Waals surface area contributed by atoms with Crippen molar-refractivity contribution < 1.29 is 14.1 Å². The van der Waals surface area contributed by atoms with Crippen molar-refractivity contribution in [2.45, 2.75) is 6.42 Å². The van der Waals surface area contributed by atoms with E-state index in [1.807, 2.05) is 0 Å². The molecule has 0 unspecified atom stereocenters. The molecule has 1 N–H and O–H groups in total. The summed E-state index contributed by atoms with van der Waals surface area (Å²) in [7, 11) is 0. The van der Waals surface area contributed by atoms with Gasteiger partial charge in [0.2, 0.25) is 0 Å². The van der Waals surface area contributed by atoms with E-state index in [2.05, 4.69) is 26.5 Å². The number of carbonyl (C=O) groups excluding carboxylic acids is 1. The maximum atomic E-state index is 11.1. The molecule has 0 aliphatic carbocycles. The first-order valence-corrected chi connectivity index (χ1v) is 7.03. The van der Waals surface area contributed by atoms with Gasteiger partial charge >= 0.3 is 0 Å². The first-order chi connectivity index (χ1) is 11.0. The summed E-state index contributed by atoms with van der Waals surface area (Å²) in [5.74, 6) is 0.340.